The Morgan fingerprint density at radius 1 is 1.04 bits per heavy atom. The monoisotopic (exact) mass is 360 g/mol. The first kappa shape index (κ1) is 19.8. The summed E-state index contributed by atoms with van der Waals surface area (Å²) in [5, 5.41) is 0. The molecule has 0 bridgehead atoms. The minimum absolute atomic E-state index is 0.334. The van der Waals surface area contributed by atoms with Crippen LogP contribution < -0.4 is 5.73 Å². The summed E-state index contributed by atoms with van der Waals surface area (Å²) in [5.74, 6) is -6.50. The second-order valence-electron chi connectivity index (χ2n) is 7.73. The van der Waals surface area contributed by atoms with Crippen molar-refractivity contribution in [3.05, 3.63) is 0 Å². The summed E-state index contributed by atoms with van der Waals surface area (Å²) in [7, 11) is 1.77. The normalized spacial score (nSPS) is 43.0. The molecule has 6 unspecified atom stereocenters. The van der Waals surface area contributed by atoms with Gasteiger partial charge in [0.15, 0.2) is 0 Å². The maximum absolute atomic E-state index is 13.5. The third kappa shape index (κ3) is 3.41. The first-order valence-corrected chi connectivity index (χ1v) is 8.40. The van der Waals surface area contributed by atoms with E-state index in [0.29, 0.717) is 13.0 Å². The van der Waals surface area contributed by atoms with Crippen molar-refractivity contribution in [1.29, 1.82) is 0 Å². The molecule has 0 aromatic heterocycles. The lowest BCUT2D eigenvalue weighted by molar-refractivity contribution is -0.260. The van der Waals surface area contributed by atoms with Gasteiger partial charge in [-0.25, -0.2) is 0 Å². The number of nitrogens with zero attached hydrogens (tertiary/aromatic N) is 1. The number of piperidine rings is 1. The molecule has 0 spiro atoms. The zero-order valence-electron chi connectivity index (χ0n) is 14.2. The first-order chi connectivity index (χ1) is 10.8. The minimum atomic E-state index is -4.73. The fraction of sp³-hybridized carbons (Fsp3) is 1.00. The van der Waals surface area contributed by atoms with Crippen LogP contribution in [0.1, 0.15) is 39.5 Å². The fourth-order valence-corrected chi connectivity index (χ4v) is 4.86. The maximum atomic E-state index is 13.5. The summed E-state index contributed by atoms with van der Waals surface area (Å²) < 4.78 is 80.8. The molecule has 1 aliphatic carbocycles. The highest BCUT2D eigenvalue weighted by Crippen LogP contribution is 2.54. The molecule has 6 atom stereocenters. The summed E-state index contributed by atoms with van der Waals surface area (Å²) in [6, 6.07) is -1.32. The van der Waals surface area contributed by atoms with Gasteiger partial charge in [-0.3, -0.25) is 0 Å². The van der Waals surface area contributed by atoms with E-state index >= 15 is 0 Å². The van der Waals surface area contributed by atoms with Gasteiger partial charge in [-0.05, 0) is 51.6 Å². The molecule has 24 heavy (non-hydrogen) atoms. The molecular formula is C16H26F6N2. The standard InChI is InChI=1S/C16H26F6N2/c1-9-10(15(17,18)19)8-11(13(23)12(9)16(20,21)22)14(2)6-4-5-7-24(14)3/h9-13H,4-8,23H2,1-3H3. The van der Waals surface area contributed by atoms with Crippen LogP contribution in [-0.2, 0) is 0 Å². The zero-order valence-corrected chi connectivity index (χ0v) is 14.2. The van der Waals surface area contributed by atoms with E-state index in [4.69, 9.17) is 5.73 Å². The van der Waals surface area contributed by atoms with E-state index in [0.717, 1.165) is 19.8 Å². The number of rotatable bonds is 1. The first-order valence-electron chi connectivity index (χ1n) is 8.40. The predicted octanol–water partition coefficient (Wildman–Crippen LogP) is 4.20. The SMILES string of the molecule is CC1C(C(F)(F)F)CC(C2(C)CCCCN2C)C(N)C1C(F)(F)F. The highest BCUT2D eigenvalue weighted by atomic mass is 19.4. The van der Waals surface area contributed by atoms with E-state index in [2.05, 4.69) is 0 Å². The third-order valence-electron chi connectivity index (χ3n) is 6.48. The topological polar surface area (TPSA) is 29.3 Å². The number of hydrogen-bond acceptors (Lipinski definition) is 2. The van der Waals surface area contributed by atoms with Crippen molar-refractivity contribution in [3.8, 4) is 0 Å². The van der Waals surface area contributed by atoms with Gasteiger partial charge in [0.2, 0.25) is 0 Å². The number of likely N-dealkylation sites (tertiary alicyclic amines) is 1. The van der Waals surface area contributed by atoms with E-state index < -0.39 is 47.6 Å². The molecule has 1 saturated heterocycles. The lowest BCUT2D eigenvalue weighted by Gasteiger charge is -2.56. The van der Waals surface area contributed by atoms with Gasteiger partial charge in [-0.1, -0.05) is 13.3 Å². The highest BCUT2D eigenvalue weighted by molar-refractivity contribution is 5.06. The smallest absolute Gasteiger partial charge is 0.327 e. The van der Waals surface area contributed by atoms with Gasteiger partial charge in [0.25, 0.3) is 0 Å². The second kappa shape index (κ2) is 6.34. The van der Waals surface area contributed by atoms with Gasteiger partial charge in [0.1, 0.15) is 0 Å². The number of alkyl halides is 6. The van der Waals surface area contributed by atoms with Crippen LogP contribution in [0.3, 0.4) is 0 Å². The van der Waals surface area contributed by atoms with Gasteiger partial charge in [0, 0.05) is 11.6 Å². The quantitative estimate of drug-likeness (QED) is 0.710. The minimum Gasteiger partial charge on any atom is -0.327 e. The van der Waals surface area contributed by atoms with Crippen molar-refractivity contribution in [2.75, 3.05) is 13.6 Å². The Hall–Kier alpha value is -0.500. The van der Waals surface area contributed by atoms with Crippen LogP contribution in [0, 0.1) is 23.7 Å². The Labute approximate surface area is 138 Å². The van der Waals surface area contributed by atoms with Gasteiger partial charge in [0.05, 0.1) is 11.8 Å². The van der Waals surface area contributed by atoms with Crippen LogP contribution in [0.2, 0.25) is 0 Å². The lowest BCUT2D eigenvalue weighted by atomic mass is 9.58. The maximum Gasteiger partial charge on any atom is 0.393 e. The Morgan fingerprint density at radius 3 is 2.08 bits per heavy atom. The van der Waals surface area contributed by atoms with Gasteiger partial charge in [-0.15, -0.1) is 0 Å². The van der Waals surface area contributed by atoms with E-state index in [9.17, 15) is 26.3 Å². The van der Waals surface area contributed by atoms with E-state index in [1.54, 1.807) is 14.0 Å². The fourth-order valence-electron chi connectivity index (χ4n) is 4.86. The van der Waals surface area contributed by atoms with Crippen LogP contribution in [0.5, 0.6) is 0 Å². The molecule has 0 radical (unpaired) electrons. The average Bonchev–Trinajstić information content (AvgIpc) is 2.39. The molecular weight excluding hydrogens is 334 g/mol. The van der Waals surface area contributed by atoms with Crippen molar-refractivity contribution >= 4 is 0 Å². The van der Waals surface area contributed by atoms with E-state index in [-0.39, 0.29) is 6.42 Å². The lowest BCUT2D eigenvalue weighted by Crippen LogP contribution is -2.65. The van der Waals surface area contributed by atoms with Crippen molar-refractivity contribution < 1.29 is 26.3 Å². The van der Waals surface area contributed by atoms with Gasteiger partial charge < -0.3 is 10.6 Å². The molecule has 2 aliphatic rings. The zero-order chi connectivity index (χ0) is 18.5. The van der Waals surface area contributed by atoms with Crippen molar-refractivity contribution in [1.82, 2.24) is 4.90 Å². The summed E-state index contributed by atoms with van der Waals surface area (Å²) in [4.78, 5) is 1.90. The Bertz CT molecular complexity index is 449. The number of nitrogens with two attached hydrogens (primary N) is 1. The predicted molar refractivity (Wildman–Crippen MR) is 79.2 cm³/mol. The summed E-state index contributed by atoms with van der Waals surface area (Å²) in [6.45, 7) is 3.48. The van der Waals surface area contributed by atoms with Crippen molar-refractivity contribution in [2.24, 2.45) is 29.4 Å². The highest BCUT2D eigenvalue weighted by Gasteiger charge is 2.62. The van der Waals surface area contributed by atoms with Crippen LogP contribution in [0.25, 0.3) is 0 Å². The molecule has 2 nitrogen and oxygen atoms in total. The Morgan fingerprint density at radius 2 is 1.62 bits per heavy atom. The van der Waals surface area contributed by atoms with Crippen LogP contribution in [0.4, 0.5) is 26.3 Å². The molecule has 2 rings (SSSR count). The molecule has 2 N–H and O–H groups in total. The average molecular weight is 360 g/mol. The Kier molecular flexibility index (Phi) is 5.24. The van der Waals surface area contributed by atoms with Gasteiger partial charge >= 0.3 is 12.4 Å². The van der Waals surface area contributed by atoms with Gasteiger partial charge in [-0.2, -0.15) is 26.3 Å². The third-order valence-corrected chi connectivity index (χ3v) is 6.48. The number of hydrogen-bond donors (Lipinski definition) is 1. The molecule has 0 aromatic carbocycles. The van der Waals surface area contributed by atoms with Crippen LogP contribution >= 0.6 is 0 Å². The van der Waals surface area contributed by atoms with E-state index in [1.165, 1.54) is 0 Å². The Balaban J connectivity index is 2.43. The summed E-state index contributed by atoms with van der Waals surface area (Å²) in [6.07, 6.45) is -7.44. The molecule has 0 amide bonds. The van der Waals surface area contributed by atoms with E-state index in [1.807, 2.05) is 4.90 Å². The summed E-state index contributed by atoms with van der Waals surface area (Å²) >= 11 is 0. The molecule has 142 valence electrons. The van der Waals surface area contributed by atoms with Crippen LogP contribution in [-0.4, -0.2) is 42.4 Å². The van der Waals surface area contributed by atoms with Crippen LogP contribution in [0.15, 0.2) is 0 Å². The molecule has 1 aliphatic heterocycles. The molecule has 8 heteroatoms. The molecule has 2 fully saturated rings. The summed E-state index contributed by atoms with van der Waals surface area (Å²) in [5.41, 5.74) is 5.24. The largest absolute Gasteiger partial charge is 0.393 e. The van der Waals surface area contributed by atoms with Crippen molar-refractivity contribution in [2.45, 2.75) is 63.5 Å². The molecule has 0 aromatic rings. The molecule has 1 saturated carbocycles. The van der Waals surface area contributed by atoms with Crippen molar-refractivity contribution in [3.63, 3.8) is 0 Å². The second-order valence-corrected chi connectivity index (χ2v) is 7.73. The molecule has 1 heterocycles. The number of halogens is 6.